The number of halogens is 1. The Morgan fingerprint density at radius 3 is 2.69 bits per heavy atom. The van der Waals surface area contributed by atoms with Crippen LogP contribution in [0.25, 0.3) is 16.3 Å². The Kier molecular flexibility index (Phi) is 2.93. The fraction of sp³-hybridized carbons (Fsp3) is 0.167. The zero-order valence-electron chi connectivity index (χ0n) is 8.70. The molecule has 0 N–H and O–H groups in total. The van der Waals surface area contributed by atoms with E-state index in [4.69, 9.17) is 22.6 Å². The van der Waals surface area contributed by atoms with Crippen molar-refractivity contribution in [1.29, 1.82) is 0 Å². The Balaban J connectivity index is 2.38. The summed E-state index contributed by atoms with van der Waals surface area (Å²) in [5.74, 6) is 1.23. The fourth-order valence-corrected chi connectivity index (χ4v) is 1.49. The topological polar surface area (TPSA) is 30.4 Å². The first-order valence-corrected chi connectivity index (χ1v) is 5.14. The maximum atomic E-state index is 6.80. The van der Waals surface area contributed by atoms with Gasteiger partial charge in [0.25, 0.3) is 6.54 Å². The third kappa shape index (κ3) is 2.07. The summed E-state index contributed by atoms with van der Waals surface area (Å²) in [5, 5.41) is 0.674. The number of aryl methyl sites for hydroxylation is 1. The molecule has 0 saturated heterocycles. The molecular formula is C12H9ClN2O. The number of nitrogens with zero attached hydrogens (tertiary/aromatic N) is 2. The number of aromatic nitrogens is 1. The van der Waals surface area contributed by atoms with Gasteiger partial charge in [-0.15, -0.1) is 0 Å². The standard InChI is InChI=1S/C12H9ClN2O/c1-8-11(7-14-2)15-12(16-8)9-3-5-10(13)6-4-9/h3-6H,7H2,1H3. The Bertz CT molecular complexity index is 537. The van der Waals surface area contributed by atoms with Crippen molar-refractivity contribution >= 4 is 11.6 Å². The fourth-order valence-electron chi connectivity index (χ4n) is 1.37. The van der Waals surface area contributed by atoms with Gasteiger partial charge in [-0.1, -0.05) is 11.6 Å². The molecule has 3 nitrogen and oxygen atoms in total. The maximum absolute atomic E-state index is 6.80. The summed E-state index contributed by atoms with van der Waals surface area (Å²) in [7, 11) is 0. The molecule has 0 unspecified atom stereocenters. The van der Waals surface area contributed by atoms with Gasteiger partial charge in [0.15, 0.2) is 5.69 Å². The van der Waals surface area contributed by atoms with Crippen LogP contribution in [0.15, 0.2) is 28.7 Å². The van der Waals surface area contributed by atoms with Gasteiger partial charge in [-0.25, -0.2) is 11.6 Å². The number of rotatable bonds is 2. The number of hydrogen-bond acceptors (Lipinski definition) is 2. The highest BCUT2D eigenvalue weighted by molar-refractivity contribution is 6.30. The summed E-state index contributed by atoms with van der Waals surface area (Å²) in [4.78, 5) is 7.57. The minimum atomic E-state index is 0.253. The second kappa shape index (κ2) is 4.38. The largest absolute Gasteiger partial charge is 0.441 e. The van der Waals surface area contributed by atoms with E-state index in [0.717, 1.165) is 5.56 Å². The van der Waals surface area contributed by atoms with Crippen molar-refractivity contribution < 1.29 is 4.42 Å². The predicted octanol–water partition coefficient (Wildman–Crippen LogP) is 3.72. The molecule has 1 aromatic carbocycles. The van der Waals surface area contributed by atoms with Crippen LogP contribution < -0.4 is 0 Å². The molecule has 0 aliphatic carbocycles. The second-order valence-corrected chi connectivity index (χ2v) is 3.78. The first kappa shape index (κ1) is 10.7. The summed E-state index contributed by atoms with van der Waals surface area (Å²) >= 11 is 5.79. The van der Waals surface area contributed by atoms with E-state index < -0.39 is 0 Å². The molecule has 4 heteroatoms. The molecule has 80 valence electrons. The summed E-state index contributed by atoms with van der Waals surface area (Å²) in [5.41, 5.74) is 1.56. The van der Waals surface area contributed by atoms with Crippen LogP contribution in [-0.4, -0.2) is 4.98 Å². The molecule has 0 aliphatic heterocycles. The van der Waals surface area contributed by atoms with Crippen LogP contribution in [0.3, 0.4) is 0 Å². The van der Waals surface area contributed by atoms with Gasteiger partial charge >= 0.3 is 0 Å². The van der Waals surface area contributed by atoms with Gasteiger partial charge in [0, 0.05) is 10.6 Å². The second-order valence-electron chi connectivity index (χ2n) is 3.35. The van der Waals surface area contributed by atoms with Gasteiger partial charge in [-0.05, 0) is 31.2 Å². The Morgan fingerprint density at radius 1 is 1.38 bits per heavy atom. The molecule has 0 amide bonds. The minimum absolute atomic E-state index is 0.253. The van der Waals surface area contributed by atoms with Gasteiger partial charge < -0.3 is 9.26 Å². The van der Waals surface area contributed by atoms with Crippen molar-refractivity contribution in [3.05, 3.63) is 52.2 Å². The van der Waals surface area contributed by atoms with Crippen molar-refractivity contribution in [1.82, 2.24) is 4.98 Å². The van der Waals surface area contributed by atoms with E-state index in [1.165, 1.54) is 0 Å². The van der Waals surface area contributed by atoms with Crippen molar-refractivity contribution in [2.24, 2.45) is 0 Å². The van der Waals surface area contributed by atoms with Crippen molar-refractivity contribution in [2.75, 3.05) is 0 Å². The molecule has 0 saturated carbocycles. The first-order valence-electron chi connectivity index (χ1n) is 4.76. The zero-order chi connectivity index (χ0) is 11.5. The predicted molar refractivity (Wildman–Crippen MR) is 62.0 cm³/mol. The van der Waals surface area contributed by atoms with Crippen LogP contribution in [0.2, 0.25) is 5.02 Å². The monoisotopic (exact) mass is 232 g/mol. The van der Waals surface area contributed by atoms with E-state index in [1.807, 2.05) is 19.1 Å². The Labute approximate surface area is 98.5 Å². The third-order valence-corrected chi connectivity index (χ3v) is 2.46. The first-order chi connectivity index (χ1) is 7.70. The number of hydrogen-bond donors (Lipinski definition) is 0. The van der Waals surface area contributed by atoms with Crippen LogP contribution in [0.5, 0.6) is 0 Å². The lowest BCUT2D eigenvalue weighted by Crippen LogP contribution is -1.82. The average Bonchev–Trinajstić information content (AvgIpc) is 2.62. The maximum Gasteiger partial charge on any atom is 0.259 e. The highest BCUT2D eigenvalue weighted by atomic mass is 35.5. The minimum Gasteiger partial charge on any atom is -0.441 e. The quantitative estimate of drug-likeness (QED) is 0.739. The lowest BCUT2D eigenvalue weighted by molar-refractivity contribution is 0.540. The summed E-state index contributed by atoms with van der Waals surface area (Å²) in [6, 6.07) is 7.25. The molecule has 1 aromatic heterocycles. The van der Waals surface area contributed by atoms with Crippen LogP contribution in [0.4, 0.5) is 0 Å². The Hall–Kier alpha value is -1.79. The SMILES string of the molecule is [C-]#[N+]Cc1nc(-c2ccc(Cl)cc2)oc1C. The van der Waals surface area contributed by atoms with E-state index in [9.17, 15) is 0 Å². The lowest BCUT2D eigenvalue weighted by Gasteiger charge is -1.94. The molecule has 2 rings (SSSR count). The molecule has 0 fully saturated rings. The van der Waals surface area contributed by atoms with E-state index in [0.29, 0.717) is 22.4 Å². The van der Waals surface area contributed by atoms with E-state index in [2.05, 4.69) is 9.83 Å². The van der Waals surface area contributed by atoms with Crippen LogP contribution in [0, 0.1) is 13.5 Å². The van der Waals surface area contributed by atoms with Crippen molar-refractivity contribution in [2.45, 2.75) is 13.5 Å². The van der Waals surface area contributed by atoms with Gasteiger partial charge in [-0.3, -0.25) is 0 Å². The summed E-state index contributed by atoms with van der Waals surface area (Å²) < 4.78 is 5.50. The number of oxazole rings is 1. The van der Waals surface area contributed by atoms with Gasteiger partial charge in [-0.2, -0.15) is 0 Å². The average molecular weight is 233 g/mol. The molecule has 0 aliphatic rings. The van der Waals surface area contributed by atoms with E-state index in [1.54, 1.807) is 12.1 Å². The molecule has 0 spiro atoms. The molecule has 16 heavy (non-hydrogen) atoms. The van der Waals surface area contributed by atoms with E-state index in [-0.39, 0.29) is 6.54 Å². The van der Waals surface area contributed by atoms with Gasteiger partial charge in [0.1, 0.15) is 5.76 Å². The van der Waals surface area contributed by atoms with Crippen molar-refractivity contribution in [3.8, 4) is 11.5 Å². The molecule has 0 bridgehead atoms. The zero-order valence-corrected chi connectivity index (χ0v) is 9.45. The van der Waals surface area contributed by atoms with Gasteiger partial charge in [0.2, 0.25) is 5.89 Å². The van der Waals surface area contributed by atoms with Crippen LogP contribution in [-0.2, 0) is 6.54 Å². The number of benzene rings is 1. The molecule has 1 heterocycles. The molecular weight excluding hydrogens is 224 g/mol. The van der Waals surface area contributed by atoms with Crippen LogP contribution >= 0.6 is 11.6 Å². The molecule has 2 aromatic rings. The smallest absolute Gasteiger partial charge is 0.259 e. The van der Waals surface area contributed by atoms with Crippen molar-refractivity contribution in [3.63, 3.8) is 0 Å². The summed E-state index contributed by atoms with van der Waals surface area (Å²) in [6.07, 6.45) is 0. The summed E-state index contributed by atoms with van der Waals surface area (Å²) in [6.45, 7) is 8.87. The van der Waals surface area contributed by atoms with Crippen LogP contribution in [0.1, 0.15) is 11.5 Å². The lowest BCUT2D eigenvalue weighted by atomic mass is 10.2. The highest BCUT2D eigenvalue weighted by Crippen LogP contribution is 2.23. The Morgan fingerprint density at radius 2 is 2.06 bits per heavy atom. The highest BCUT2D eigenvalue weighted by Gasteiger charge is 2.12. The third-order valence-electron chi connectivity index (χ3n) is 2.21. The molecule has 0 atom stereocenters. The van der Waals surface area contributed by atoms with Gasteiger partial charge in [0.05, 0.1) is 0 Å². The van der Waals surface area contributed by atoms with E-state index >= 15 is 0 Å². The normalized spacial score (nSPS) is 10.1. The molecule has 0 radical (unpaired) electrons.